The van der Waals surface area contributed by atoms with E-state index in [1.807, 2.05) is 7.05 Å². The fourth-order valence-corrected chi connectivity index (χ4v) is 2.23. The molecule has 96 valence electrons. The first-order valence-electron chi connectivity index (χ1n) is 6.46. The van der Waals surface area contributed by atoms with E-state index in [9.17, 15) is 0 Å². The highest BCUT2D eigenvalue weighted by atomic mass is 15.3. The minimum atomic E-state index is 0.375. The summed E-state index contributed by atoms with van der Waals surface area (Å²) in [5.41, 5.74) is 10.7. The smallest absolute Gasteiger partial charge is 0.125 e. The SMILES string of the molecule is CCc1ccc(-c2nn(C)c(N)c2C(C)C)cc1. The third-order valence-electron chi connectivity index (χ3n) is 3.34. The molecule has 2 aromatic rings. The van der Waals surface area contributed by atoms with E-state index in [4.69, 9.17) is 5.73 Å². The van der Waals surface area contributed by atoms with Crippen molar-refractivity contribution >= 4 is 5.82 Å². The Labute approximate surface area is 109 Å². The fourth-order valence-electron chi connectivity index (χ4n) is 2.23. The van der Waals surface area contributed by atoms with Crippen molar-refractivity contribution in [1.82, 2.24) is 9.78 Å². The van der Waals surface area contributed by atoms with E-state index in [0.717, 1.165) is 29.1 Å². The van der Waals surface area contributed by atoms with Crippen LogP contribution in [0, 0.1) is 0 Å². The lowest BCUT2D eigenvalue weighted by atomic mass is 9.98. The van der Waals surface area contributed by atoms with Gasteiger partial charge in [0.1, 0.15) is 5.82 Å². The summed E-state index contributed by atoms with van der Waals surface area (Å²) in [6, 6.07) is 8.58. The predicted octanol–water partition coefficient (Wildman–Crippen LogP) is 3.36. The van der Waals surface area contributed by atoms with Crippen molar-refractivity contribution in [1.29, 1.82) is 0 Å². The minimum absolute atomic E-state index is 0.375. The Morgan fingerprint density at radius 3 is 2.33 bits per heavy atom. The zero-order chi connectivity index (χ0) is 13.3. The highest BCUT2D eigenvalue weighted by Gasteiger charge is 2.17. The van der Waals surface area contributed by atoms with Gasteiger partial charge in [-0.1, -0.05) is 45.0 Å². The van der Waals surface area contributed by atoms with E-state index in [0.29, 0.717) is 5.92 Å². The van der Waals surface area contributed by atoms with E-state index in [-0.39, 0.29) is 0 Å². The summed E-state index contributed by atoms with van der Waals surface area (Å²) >= 11 is 0. The molecule has 0 spiro atoms. The first-order chi connectivity index (χ1) is 8.54. The van der Waals surface area contributed by atoms with Gasteiger partial charge in [-0.15, -0.1) is 0 Å². The van der Waals surface area contributed by atoms with Gasteiger partial charge in [-0.3, -0.25) is 4.68 Å². The van der Waals surface area contributed by atoms with Crippen molar-refractivity contribution in [2.45, 2.75) is 33.1 Å². The van der Waals surface area contributed by atoms with Gasteiger partial charge in [-0.2, -0.15) is 5.10 Å². The average Bonchev–Trinajstić information content (AvgIpc) is 2.66. The highest BCUT2D eigenvalue weighted by Crippen LogP contribution is 2.32. The Kier molecular flexibility index (Phi) is 3.41. The summed E-state index contributed by atoms with van der Waals surface area (Å²) in [5, 5.41) is 4.55. The molecule has 0 atom stereocenters. The number of rotatable bonds is 3. The molecule has 0 aliphatic heterocycles. The first-order valence-corrected chi connectivity index (χ1v) is 6.46. The van der Waals surface area contributed by atoms with Crippen LogP contribution in [0.1, 0.15) is 37.8 Å². The number of aromatic nitrogens is 2. The number of nitrogens with zero attached hydrogens (tertiary/aromatic N) is 2. The van der Waals surface area contributed by atoms with E-state index in [1.165, 1.54) is 5.56 Å². The van der Waals surface area contributed by atoms with Crippen LogP contribution in [0.3, 0.4) is 0 Å². The van der Waals surface area contributed by atoms with Crippen molar-refractivity contribution in [3.8, 4) is 11.3 Å². The molecule has 2 rings (SSSR count). The van der Waals surface area contributed by atoms with E-state index in [2.05, 4.69) is 50.1 Å². The number of hydrogen-bond acceptors (Lipinski definition) is 2. The number of benzene rings is 1. The first kappa shape index (κ1) is 12.7. The monoisotopic (exact) mass is 243 g/mol. The molecule has 0 radical (unpaired) electrons. The Morgan fingerprint density at radius 2 is 1.83 bits per heavy atom. The summed E-state index contributed by atoms with van der Waals surface area (Å²) in [4.78, 5) is 0. The van der Waals surface area contributed by atoms with Crippen molar-refractivity contribution in [3.63, 3.8) is 0 Å². The lowest BCUT2D eigenvalue weighted by Gasteiger charge is -2.07. The quantitative estimate of drug-likeness (QED) is 0.898. The van der Waals surface area contributed by atoms with Gasteiger partial charge in [-0.05, 0) is 17.9 Å². The molecule has 0 bridgehead atoms. The lowest BCUT2D eigenvalue weighted by Crippen LogP contribution is -2.00. The molecule has 0 fully saturated rings. The van der Waals surface area contributed by atoms with Crippen molar-refractivity contribution in [3.05, 3.63) is 35.4 Å². The Bertz CT molecular complexity index is 536. The summed E-state index contributed by atoms with van der Waals surface area (Å²) in [7, 11) is 1.89. The molecule has 0 aliphatic carbocycles. The summed E-state index contributed by atoms with van der Waals surface area (Å²) < 4.78 is 1.76. The maximum absolute atomic E-state index is 6.10. The van der Waals surface area contributed by atoms with Crippen molar-refractivity contribution in [2.75, 3.05) is 5.73 Å². The molecule has 1 heterocycles. The van der Waals surface area contributed by atoms with E-state index in [1.54, 1.807) is 4.68 Å². The Morgan fingerprint density at radius 1 is 1.22 bits per heavy atom. The molecule has 0 saturated heterocycles. The molecule has 1 aromatic carbocycles. The number of nitrogens with two attached hydrogens (primary N) is 1. The molecule has 18 heavy (non-hydrogen) atoms. The maximum atomic E-state index is 6.10. The van der Waals surface area contributed by atoms with Crippen LogP contribution < -0.4 is 5.73 Å². The second-order valence-electron chi connectivity index (χ2n) is 4.98. The van der Waals surface area contributed by atoms with Crippen LogP contribution >= 0.6 is 0 Å². The van der Waals surface area contributed by atoms with Crippen LogP contribution in [0.15, 0.2) is 24.3 Å². The van der Waals surface area contributed by atoms with Gasteiger partial charge in [0.2, 0.25) is 0 Å². The molecular formula is C15H21N3. The molecule has 3 heteroatoms. The summed E-state index contributed by atoms with van der Waals surface area (Å²) in [5.74, 6) is 1.14. The van der Waals surface area contributed by atoms with Crippen LogP contribution in [0.5, 0.6) is 0 Å². The van der Waals surface area contributed by atoms with Crippen molar-refractivity contribution in [2.24, 2.45) is 7.05 Å². The van der Waals surface area contributed by atoms with Crippen LogP contribution in [0.25, 0.3) is 11.3 Å². The zero-order valence-electron chi connectivity index (χ0n) is 11.6. The number of nitrogen functional groups attached to an aromatic ring is 1. The lowest BCUT2D eigenvalue weighted by molar-refractivity contribution is 0.780. The van der Waals surface area contributed by atoms with Gasteiger partial charge in [0.05, 0.1) is 5.69 Å². The normalized spacial score (nSPS) is 11.2. The van der Waals surface area contributed by atoms with Gasteiger partial charge >= 0.3 is 0 Å². The number of hydrogen-bond donors (Lipinski definition) is 1. The number of anilines is 1. The van der Waals surface area contributed by atoms with Crippen LogP contribution in [-0.4, -0.2) is 9.78 Å². The predicted molar refractivity (Wildman–Crippen MR) is 76.5 cm³/mol. The van der Waals surface area contributed by atoms with Gasteiger partial charge in [-0.25, -0.2) is 0 Å². The molecule has 0 amide bonds. The van der Waals surface area contributed by atoms with Crippen LogP contribution in [0.2, 0.25) is 0 Å². The molecule has 2 N–H and O–H groups in total. The van der Waals surface area contributed by atoms with Gasteiger partial charge < -0.3 is 5.73 Å². The molecule has 0 saturated carbocycles. The van der Waals surface area contributed by atoms with Crippen molar-refractivity contribution < 1.29 is 0 Å². The topological polar surface area (TPSA) is 43.8 Å². The molecule has 1 aromatic heterocycles. The largest absolute Gasteiger partial charge is 0.384 e. The second-order valence-corrected chi connectivity index (χ2v) is 4.98. The van der Waals surface area contributed by atoms with Gasteiger partial charge in [0, 0.05) is 18.2 Å². The number of aryl methyl sites for hydroxylation is 2. The molecule has 0 unspecified atom stereocenters. The maximum Gasteiger partial charge on any atom is 0.125 e. The second kappa shape index (κ2) is 4.84. The summed E-state index contributed by atoms with van der Waals surface area (Å²) in [6.45, 7) is 6.46. The average molecular weight is 243 g/mol. The molecule has 3 nitrogen and oxygen atoms in total. The van der Waals surface area contributed by atoms with Crippen LogP contribution in [-0.2, 0) is 13.5 Å². The third-order valence-corrected chi connectivity index (χ3v) is 3.34. The highest BCUT2D eigenvalue weighted by molar-refractivity contribution is 5.69. The van der Waals surface area contributed by atoms with Gasteiger partial charge in [0.15, 0.2) is 0 Å². The zero-order valence-corrected chi connectivity index (χ0v) is 11.6. The van der Waals surface area contributed by atoms with E-state index >= 15 is 0 Å². The van der Waals surface area contributed by atoms with Crippen LogP contribution in [0.4, 0.5) is 5.82 Å². The van der Waals surface area contributed by atoms with Gasteiger partial charge in [0.25, 0.3) is 0 Å². The molecular weight excluding hydrogens is 222 g/mol. The fraction of sp³-hybridized carbons (Fsp3) is 0.400. The summed E-state index contributed by atoms with van der Waals surface area (Å²) in [6.07, 6.45) is 1.06. The molecule has 0 aliphatic rings. The third kappa shape index (κ3) is 2.13. The Balaban J connectivity index is 2.52. The minimum Gasteiger partial charge on any atom is -0.384 e. The standard InChI is InChI=1S/C15H21N3/c1-5-11-6-8-12(9-7-11)14-13(10(2)3)15(16)18(4)17-14/h6-10H,5,16H2,1-4H3. The van der Waals surface area contributed by atoms with E-state index < -0.39 is 0 Å². The Hall–Kier alpha value is -1.77.